The molecular weight excluding hydrogens is 430 g/mol. The van der Waals surface area contributed by atoms with E-state index < -0.39 is 10.0 Å². The van der Waals surface area contributed by atoms with E-state index in [1.54, 1.807) is 42.5 Å². The summed E-state index contributed by atoms with van der Waals surface area (Å²) in [6.45, 7) is 4.75. The van der Waals surface area contributed by atoms with Gasteiger partial charge in [-0.1, -0.05) is 12.1 Å². The molecule has 2 N–H and O–H groups in total. The van der Waals surface area contributed by atoms with Gasteiger partial charge in [0, 0.05) is 36.2 Å². The second kappa shape index (κ2) is 9.41. The van der Waals surface area contributed by atoms with E-state index >= 15 is 0 Å². The highest BCUT2D eigenvalue weighted by atomic mass is 32.2. The number of nitrogens with one attached hydrogen (secondary N) is 2. The van der Waals surface area contributed by atoms with Crippen LogP contribution in [0, 0.1) is 6.92 Å². The van der Waals surface area contributed by atoms with Crippen LogP contribution in [0.5, 0.6) is 5.75 Å². The number of benzene rings is 2. The van der Waals surface area contributed by atoms with Gasteiger partial charge in [0.25, 0.3) is 10.0 Å². The number of ether oxygens (including phenoxy) is 2. The largest absolute Gasteiger partial charge is 0.495 e. The van der Waals surface area contributed by atoms with E-state index in [0.29, 0.717) is 30.7 Å². The highest BCUT2D eigenvalue weighted by Crippen LogP contribution is 2.26. The fraction of sp³-hybridized carbons (Fsp3) is 0.273. The molecule has 1 saturated heterocycles. The molecule has 2 heterocycles. The van der Waals surface area contributed by atoms with Crippen molar-refractivity contribution in [2.45, 2.75) is 11.8 Å². The summed E-state index contributed by atoms with van der Waals surface area (Å²) < 4.78 is 38.6. The van der Waals surface area contributed by atoms with Crippen molar-refractivity contribution in [3.8, 4) is 5.75 Å². The van der Waals surface area contributed by atoms with Crippen molar-refractivity contribution in [2.75, 3.05) is 48.4 Å². The first kappa shape index (κ1) is 21.8. The number of anilines is 4. The molecule has 0 unspecified atom stereocenters. The quantitative estimate of drug-likeness (QED) is 0.560. The maximum absolute atomic E-state index is 12.7. The Morgan fingerprint density at radius 1 is 1.00 bits per heavy atom. The Morgan fingerprint density at radius 3 is 2.41 bits per heavy atom. The number of aromatic nitrogens is 2. The minimum Gasteiger partial charge on any atom is -0.495 e. The highest BCUT2D eigenvalue weighted by molar-refractivity contribution is 7.92. The fourth-order valence-corrected chi connectivity index (χ4v) is 4.57. The van der Waals surface area contributed by atoms with Crippen molar-refractivity contribution in [1.29, 1.82) is 0 Å². The van der Waals surface area contributed by atoms with Gasteiger partial charge < -0.3 is 19.7 Å². The molecule has 1 aromatic heterocycles. The van der Waals surface area contributed by atoms with Gasteiger partial charge in [-0.05, 0) is 43.3 Å². The Kier molecular flexibility index (Phi) is 6.42. The molecule has 0 saturated carbocycles. The summed E-state index contributed by atoms with van der Waals surface area (Å²) >= 11 is 0. The molecule has 4 rings (SSSR count). The average molecular weight is 456 g/mol. The minimum absolute atomic E-state index is 0.0804. The normalized spacial score (nSPS) is 14.1. The molecular formula is C22H25N5O4S. The summed E-state index contributed by atoms with van der Waals surface area (Å²) in [6.07, 6.45) is 0. The summed E-state index contributed by atoms with van der Waals surface area (Å²) in [6, 6.07) is 15.3. The zero-order valence-electron chi connectivity index (χ0n) is 17.9. The van der Waals surface area contributed by atoms with Gasteiger partial charge in [0.15, 0.2) is 0 Å². The third kappa shape index (κ3) is 5.09. The number of methoxy groups -OCH3 is 1. The van der Waals surface area contributed by atoms with Gasteiger partial charge in [-0.25, -0.2) is 13.4 Å². The van der Waals surface area contributed by atoms with Crippen molar-refractivity contribution in [2.24, 2.45) is 0 Å². The first-order valence-electron chi connectivity index (χ1n) is 10.2. The van der Waals surface area contributed by atoms with Gasteiger partial charge in [0.1, 0.15) is 16.5 Å². The zero-order valence-corrected chi connectivity index (χ0v) is 18.7. The number of morpholine rings is 1. The number of rotatable bonds is 7. The van der Waals surface area contributed by atoms with Crippen molar-refractivity contribution in [1.82, 2.24) is 9.97 Å². The van der Waals surface area contributed by atoms with Crippen LogP contribution in [0.4, 0.5) is 23.1 Å². The van der Waals surface area contributed by atoms with E-state index in [-0.39, 0.29) is 10.6 Å². The second-order valence-corrected chi connectivity index (χ2v) is 8.90. The lowest BCUT2D eigenvalue weighted by Gasteiger charge is -2.27. The van der Waals surface area contributed by atoms with E-state index in [9.17, 15) is 8.42 Å². The van der Waals surface area contributed by atoms with Crippen LogP contribution in [0.15, 0.2) is 59.5 Å². The first-order chi connectivity index (χ1) is 15.4. The smallest absolute Gasteiger partial charge is 0.265 e. The molecule has 168 valence electrons. The van der Waals surface area contributed by atoms with Gasteiger partial charge in [0.2, 0.25) is 5.95 Å². The van der Waals surface area contributed by atoms with Gasteiger partial charge in [-0.3, -0.25) is 4.72 Å². The van der Waals surface area contributed by atoms with E-state index in [4.69, 9.17) is 9.47 Å². The van der Waals surface area contributed by atoms with Crippen LogP contribution in [-0.4, -0.2) is 51.8 Å². The van der Waals surface area contributed by atoms with Crippen LogP contribution in [0.2, 0.25) is 0 Å². The van der Waals surface area contributed by atoms with Crippen LogP contribution < -0.4 is 19.7 Å². The first-order valence-corrected chi connectivity index (χ1v) is 11.6. The predicted octanol–water partition coefficient (Wildman–Crippen LogP) is 3.17. The van der Waals surface area contributed by atoms with Gasteiger partial charge in [-0.2, -0.15) is 4.98 Å². The predicted molar refractivity (Wildman–Crippen MR) is 123 cm³/mol. The Morgan fingerprint density at radius 2 is 1.69 bits per heavy atom. The van der Waals surface area contributed by atoms with Crippen LogP contribution >= 0.6 is 0 Å². The molecule has 0 bridgehead atoms. The molecule has 9 nitrogen and oxygen atoms in total. The summed E-state index contributed by atoms with van der Waals surface area (Å²) in [4.78, 5) is 11.3. The number of para-hydroxylation sites is 1. The minimum atomic E-state index is -3.78. The third-order valence-corrected chi connectivity index (χ3v) is 6.33. The lowest BCUT2D eigenvalue weighted by atomic mass is 10.3. The van der Waals surface area contributed by atoms with Crippen LogP contribution in [0.3, 0.4) is 0 Å². The molecule has 0 spiro atoms. The summed E-state index contributed by atoms with van der Waals surface area (Å²) in [5.41, 5.74) is 2.07. The zero-order chi connectivity index (χ0) is 22.6. The molecule has 1 aliphatic rings. The maximum Gasteiger partial charge on any atom is 0.265 e. The monoisotopic (exact) mass is 455 g/mol. The Hall–Kier alpha value is -3.37. The van der Waals surface area contributed by atoms with Crippen molar-refractivity contribution in [3.05, 3.63) is 60.3 Å². The molecule has 0 atom stereocenters. The molecule has 32 heavy (non-hydrogen) atoms. The summed E-state index contributed by atoms with van der Waals surface area (Å²) in [5.74, 6) is 1.62. The van der Waals surface area contributed by atoms with Gasteiger partial charge in [0.05, 0.1) is 20.3 Å². The molecule has 2 aromatic carbocycles. The number of aryl methyl sites for hydroxylation is 1. The molecule has 0 aliphatic carbocycles. The van der Waals surface area contributed by atoms with E-state index in [1.165, 1.54) is 13.2 Å². The molecule has 1 fully saturated rings. The molecule has 0 radical (unpaired) electrons. The number of hydrogen-bond donors (Lipinski definition) is 2. The average Bonchev–Trinajstić information content (AvgIpc) is 2.80. The van der Waals surface area contributed by atoms with Crippen molar-refractivity contribution < 1.29 is 17.9 Å². The topological polar surface area (TPSA) is 106 Å². The van der Waals surface area contributed by atoms with Crippen molar-refractivity contribution >= 4 is 33.2 Å². The molecule has 1 aliphatic heterocycles. The standard InChI is InChI=1S/C22H25N5O4S/c1-16-15-21(25-22(23-16)27-11-13-31-14-12-27)24-17-7-9-18(10-8-17)26-32(28,29)20-6-4-3-5-19(20)30-2/h3-10,15,26H,11-14H2,1-2H3,(H,23,24,25). The number of nitrogens with zero attached hydrogens (tertiary/aromatic N) is 3. The highest BCUT2D eigenvalue weighted by Gasteiger charge is 2.19. The van der Waals surface area contributed by atoms with E-state index in [1.807, 2.05) is 13.0 Å². The van der Waals surface area contributed by atoms with E-state index in [0.717, 1.165) is 24.5 Å². The summed E-state index contributed by atoms with van der Waals surface area (Å²) in [7, 11) is -2.34. The lowest BCUT2D eigenvalue weighted by Crippen LogP contribution is -2.37. The van der Waals surface area contributed by atoms with Crippen LogP contribution in [0.1, 0.15) is 5.69 Å². The maximum atomic E-state index is 12.7. The number of sulfonamides is 1. The van der Waals surface area contributed by atoms with Crippen molar-refractivity contribution in [3.63, 3.8) is 0 Å². The SMILES string of the molecule is COc1ccccc1S(=O)(=O)Nc1ccc(Nc2cc(C)nc(N3CCOCC3)n2)cc1. The summed E-state index contributed by atoms with van der Waals surface area (Å²) in [5, 5.41) is 3.26. The second-order valence-electron chi connectivity index (χ2n) is 7.25. The Labute approximate surface area is 187 Å². The molecule has 10 heteroatoms. The van der Waals surface area contributed by atoms with Gasteiger partial charge in [-0.15, -0.1) is 0 Å². The van der Waals surface area contributed by atoms with E-state index in [2.05, 4.69) is 24.9 Å². The Balaban J connectivity index is 1.48. The lowest BCUT2D eigenvalue weighted by molar-refractivity contribution is 0.122. The molecule has 0 amide bonds. The third-order valence-electron chi connectivity index (χ3n) is 4.90. The number of hydrogen-bond acceptors (Lipinski definition) is 8. The van der Waals surface area contributed by atoms with Crippen LogP contribution in [-0.2, 0) is 14.8 Å². The molecule has 3 aromatic rings. The van der Waals surface area contributed by atoms with Crippen LogP contribution in [0.25, 0.3) is 0 Å². The van der Waals surface area contributed by atoms with Gasteiger partial charge >= 0.3 is 0 Å². The fourth-order valence-electron chi connectivity index (χ4n) is 3.34. The Bertz CT molecular complexity index is 1180.